The van der Waals surface area contributed by atoms with Crippen molar-refractivity contribution in [1.29, 1.82) is 0 Å². The van der Waals surface area contributed by atoms with Gasteiger partial charge in [0, 0.05) is 6.92 Å². The maximum absolute atomic E-state index is 11.0. The summed E-state index contributed by atoms with van der Waals surface area (Å²) >= 11 is 0. The fourth-order valence-corrected chi connectivity index (χ4v) is 1.27. The van der Waals surface area contributed by atoms with Crippen LogP contribution in [0.1, 0.15) is 40.5 Å². The summed E-state index contributed by atoms with van der Waals surface area (Å²) in [5, 5.41) is 7.42. The average Bonchev–Trinajstić information content (AvgIpc) is 2.42. The van der Waals surface area contributed by atoms with Crippen molar-refractivity contribution in [3.05, 3.63) is 36.4 Å². The molecule has 0 radical (unpaired) electrons. The third-order valence-corrected chi connectivity index (χ3v) is 2.27. The van der Waals surface area contributed by atoms with Crippen molar-refractivity contribution in [1.82, 2.24) is 0 Å². The van der Waals surface area contributed by atoms with Gasteiger partial charge in [-0.1, -0.05) is 50.2 Å². The molecule has 0 aliphatic carbocycles. The summed E-state index contributed by atoms with van der Waals surface area (Å²) in [6.45, 7) is 7.42. The zero-order valence-electron chi connectivity index (χ0n) is 12.8. The van der Waals surface area contributed by atoms with Gasteiger partial charge in [-0.2, -0.15) is 0 Å². The smallest absolute Gasteiger partial charge is 0.308 e. The van der Waals surface area contributed by atoms with Gasteiger partial charge in [0.05, 0.1) is 12.5 Å². The van der Waals surface area contributed by atoms with Crippen molar-refractivity contribution in [2.24, 2.45) is 5.92 Å². The van der Waals surface area contributed by atoms with E-state index < -0.39 is 5.97 Å². The Balaban J connectivity index is 0. The molecule has 1 rings (SSSR count). The number of carboxylic acid groups (broad SMARTS) is 1. The summed E-state index contributed by atoms with van der Waals surface area (Å²) in [5.41, 5.74) is 0. The summed E-state index contributed by atoms with van der Waals surface area (Å²) in [4.78, 5) is 20.0. The van der Waals surface area contributed by atoms with E-state index in [1.807, 2.05) is 57.2 Å². The lowest BCUT2D eigenvalue weighted by molar-refractivity contribution is -0.148. The van der Waals surface area contributed by atoms with E-state index in [0.29, 0.717) is 6.61 Å². The van der Waals surface area contributed by atoms with Crippen LogP contribution in [0.25, 0.3) is 0 Å². The minimum Gasteiger partial charge on any atom is -0.481 e. The molecule has 0 bridgehead atoms. The van der Waals surface area contributed by atoms with Gasteiger partial charge in [-0.3, -0.25) is 9.59 Å². The molecule has 0 unspecified atom stereocenters. The highest BCUT2D eigenvalue weighted by molar-refractivity contribution is 5.72. The predicted molar refractivity (Wildman–Crippen MR) is 80.5 cm³/mol. The second-order valence-corrected chi connectivity index (χ2v) is 3.94. The molecule has 0 fully saturated rings. The minimum absolute atomic E-state index is 0.0486. The van der Waals surface area contributed by atoms with Crippen molar-refractivity contribution in [2.75, 3.05) is 6.61 Å². The van der Waals surface area contributed by atoms with Crippen LogP contribution in [0.3, 0.4) is 0 Å². The molecule has 0 atom stereocenters. The van der Waals surface area contributed by atoms with E-state index in [0.717, 1.165) is 19.8 Å². The highest BCUT2D eigenvalue weighted by atomic mass is 16.5. The summed E-state index contributed by atoms with van der Waals surface area (Å²) in [6.07, 6.45) is 1.77. The van der Waals surface area contributed by atoms with E-state index >= 15 is 0 Å². The molecule has 0 spiro atoms. The van der Waals surface area contributed by atoms with Gasteiger partial charge in [-0.15, -0.1) is 0 Å². The second-order valence-electron chi connectivity index (χ2n) is 3.94. The van der Waals surface area contributed by atoms with E-state index in [1.54, 1.807) is 0 Å². The summed E-state index contributed by atoms with van der Waals surface area (Å²) in [7, 11) is 0. The van der Waals surface area contributed by atoms with E-state index in [1.165, 1.54) is 0 Å². The quantitative estimate of drug-likeness (QED) is 0.854. The van der Waals surface area contributed by atoms with Crippen molar-refractivity contribution in [2.45, 2.75) is 40.5 Å². The van der Waals surface area contributed by atoms with E-state index in [-0.39, 0.29) is 11.9 Å². The Bertz CT molecular complexity index is 301. The first kappa shape index (κ1) is 20.5. The highest BCUT2D eigenvalue weighted by Crippen LogP contribution is 2.08. The monoisotopic (exact) mass is 282 g/mol. The van der Waals surface area contributed by atoms with Crippen molar-refractivity contribution in [3.63, 3.8) is 0 Å². The van der Waals surface area contributed by atoms with Crippen LogP contribution in [0.15, 0.2) is 36.4 Å². The normalized spacial score (nSPS) is 8.65. The molecule has 1 aromatic rings. The third kappa shape index (κ3) is 16.2. The first-order valence-corrected chi connectivity index (χ1v) is 6.85. The number of carbonyl (C=O) groups excluding carboxylic acids is 1. The lowest BCUT2D eigenvalue weighted by Crippen LogP contribution is -2.15. The Morgan fingerprint density at radius 3 is 1.45 bits per heavy atom. The molecule has 114 valence electrons. The molecular formula is C16H26O4. The molecule has 0 aliphatic heterocycles. The molecule has 0 amide bonds. The zero-order chi connectivity index (χ0) is 15.8. The largest absolute Gasteiger partial charge is 0.481 e. The molecule has 4 nitrogen and oxygen atoms in total. The van der Waals surface area contributed by atoms with Crippen LogP contribution in [-0.2, 0) is 14.3 Å². The van der Waals surface area contributed by atoms with Crippen molar-refractivity contribution in [3.8, 4) is 0 Å². The topological polar surface area (TPSA) is 63.6 Å². The lowest BCUT2D eigenvalue weighted by atomic mass is 10.0. The molecular weight excluding hydrogens is 256 g/mol. The van der Waals surface area contributed by atoms with Gasteiger partial charge in [0.1, 0.15) is 0 Å². The van der Waals surface area contributed by atoms with Crippen LogP contribution >= 0.6 is 0 Å². The van der Waals surface area contributed by atoms with E-state index in [9.17, 15) is 4.79 Å². The number of carboxylic acids is 1. The molecule has 20 heavy (non-hydrogen) atoms. The van der Waals surface area contributed by atoms with Gasteiger partial charge in [-0.25, -0.2) is 0 Å². The molecule has 4 heteroatoms. The first-order chi connectivity index (χ1) is 9.49. The standard InChI is InChI=1S/C8H16O2.C6H6.C2H4O2/c1-4-7(5-2)8(9)10-6-3;1-2-4-6-5-3-1;1-2(3)4/h7H,4-6H2,1-3H3;1-6H;1H3,(H,3,4). The van der Waals surface area contributed by atoms with Crippen LogP contribution in [-0.4, -0.2) is 23.7 Å². The Morgan fingerprint density at radius 2 is 1.25 bits per heavy atom. The SMILES string of the molecule is CC(=O)O.CCOC(=O)C(CC)CC.c1ccccc1. The Kier molecular flexibility index (Phi) is 15.6. The van der Waals surface area contributed by atoms with Gasteiger partial charge in [0.15, 0.2) is 0 Å². The average molecular weight is 282 g/mol. The van der Waals surface area contributed by atoms with Gasteiger partial charge in [0.25, 0.3) is 5.97 Å². The van der Waals surface area contributed by atoms with Crippen LogP contribution < -0.4 is 0 Å². The van der Waals surface area contributed by atoms with E-state index in [2.05, 4.69) is 0 Å². The Morgan fingerprint density at radius 1 is 0.950 bits per heavy atom. The fourth-order valence-electron chi connectivity index (χ4n) is 1.27. The van der Waals surface area contributed by atoms with Crippen LogP contribution in [0, 0.1) is 5.92 Å². The van der Waals surface area contributed by atoms with Gasteiger partial charge in [0.2, 0.25) is 0 Å². The number of rotatable bonds is 4. The van der Waals surface area contributed by atoms with Gasteiger partial charge < -0.3 is 9.84 Å². The molecule has 0 saturated heterocycles. The Labute approximate surface area is 121 Å². The number of hydrogen-bond donors (Lipinski definition) is 1. The summed E-state index contributed by atoms with van der Waals surface area (Å²) in [6, 6.07) is 12.0. The molecule has 1 aromatic carbocycles. The molecule has 0 saturated carbocycles. The second kappa shape index (κ2) is 15.2. The molecule has 0 aromatic heterocycles. The Hall–Kier alpha value is -1.84. The molecule has 1 N–H and O–H groups in total. The minimum atomic E-state index is -0.833. The number of ether oxygens (including phenoxy) is 1. The number of aliphatic carboxylic acids is 1. The number of carbonyl (C=O) groups is 2. The maximum atomic E-state index is 11.0. The maximum Gasteiger partial charge on any atom is 0.308 e. The number of hydrogen-bond acceptors (Lipinski definition) is 3. The highest BCUT2D eigenvalue weighted by Gasteiger charge is 2.13. The fraction of sp³-hybridized carbons (Fsp3) is 0.500. The number of benzene rings is 1. The van der Waals surface area contributed by atoms with Gasteiger partial charge >= 0.3 is 5.97 Å². The lowest BCUT2D eigenvalue weighted by Gasteiger charge is -2.09. The summed E-state index contributed by atoms with van der Waals surface area (Å²) in [5.74, 6) is -0.771. The van der Waals surface area contributed by atoms with Gasteiger partial charge in [-0.05, 0) is 19.8 Å². The first-order valence-electron chi connectivity index (χ1n) is 6.85. The zero-order valence-corrected chi connectivity index (χ0v) is 12.8. The van der Waals surface area contributed by atoms with Crippen molar-refractivity contribution < 1.29 is 19.4 Å². The third-order valence-electron chi connectivity index (χ3n) is 2.27. The van der Waals surface area contributed by atoms with Crippen LogP contribution in [0.4, 0.5) is 0 Å². The predicted octanol–water partition coefficient (Wildman–Crippen LogP) is 3.76. The molecule has 0 heterocycles. The summed E-state index contributed by atoms with van der Waals surface area (Å²) < 4.78 is 4.85. The van der Waals surface area contributed by atoms with E-state index in [4.69, 9.17) is 14.6 Å². The number of esters is 1. The molecule has 0 aliphatic rings. The van der Waals surface area contributed by atoms with Crippen LogP contribution in [0.5, 0.6) is 0 Å². The van der Waals surface area contributed by atoms with Crippen molar-refractivity contribution >= 4 is 11.9 Å². The van der Waals surface area contributed by atoms with Crippen LogP contribution in [0.2, 0.25) is 0 Å².